The Balaban J connectivity index is 1.80. The zero-order valence-corrected chi connectivity index (χ0v) is 11.6. The summed E-state index contributed by atoms with van der Waals surface area (Å²) in [5.41, 5.74) is 1.15. The highest BCUT2D eigenvalue weighted by Gasteiger charge is 2.14. The first kappa shape index (κ1) is 14.0. The smallest absolute Gasteiger partial charge is 0.234 e. The number of carbonyl (C=O) groups is 1. The standard InChI is InChI=1S/C15H23N3O/c1-13(14-6-3-2-4-7-14)17-15(19)12-18-10-5-8-16-9-11-18/h2-4,6-7,13,16H,5,8-12H2,1H3,(H,17,19)/t13-/m1/s1. The first-order valence-corrected chi connectivity index (χ1v) is 7.03. The molecular formula is C15H23N3O. The molecule has 1 aromatic carbocycles. The molecule has 1 aliphatic heterocycles. The van der Waals surface area contributed by atoms with Crippen molar-refractivity contribution in [2.75, 3.05) is 32.7 Å². The monoisotopic (exact) mass is 261 g/mol. The molecule has 1 aromatic rings. The van der Waals surface area contributed by atoms with Crippen molar-refractivity contribution in [3.8, 4) is 0 Å². The van der Waals surface area contributed by atoms with Gasteiger partial charge in [0.25, 0.3) is 0 Å². The van der Waals surface area contributed by atoms with Gasteiger partial charge >= 0.3 is 0 Å². The van der Waals surface area contributed by atoms with Crippen LogP contribution in [0.25, 0.3) is 0 Å². The summed E-state index contributed by atoms with van der Waals surface area (Å²) < 4.78 is 0. The molecule has 19 heavy (non-hydrogen) atoms. The Labute approximate surface area is 115 Å². The maximum atomic E-state index is 12.0. The van der Waals surface area contributed by atoms with Gasteiger partial charge in [-0.15, -0.1) is 0 Å². The molecule has 0 aliphatic carbocycles. The minimum absolute atomic E-state index is 0.0683. The van der Waals surface area contributed by atoms with Crippen LogP contribution in [0.1, 0.15) is 24.9 Å². The van der Waals surface area contributed by atoms with Crippen molar-refractivity contribution < 1.29 is 4.79 Å². The predicted molar refractivity (Wildman–Crippen MR) is 76.9 cm³/mol. The molecule has 0 saturated carbocycles. The van der Waals surface area contributed by atoms with Crippen molar-refractivity contribution in [3.63, 3.8) is 0 Å². The van der Waals surface area contributed by atoms with Gasteiger partial charge in [0.1, 0.15) is 0 Å². The summed E-state index contributed by atoms with van der Waals surface area (Å²) in [5, 5.41) is 6.41. The van der Waals surface area contributed by atoms with Gasteiger partial charge in [0.15, 0.2) is 0 Å². The number of benzene rings is 1. The Morgan fingerprint density at radius 1 is 1.32 bits per heavy atom. The van der Waals surface area contributed by atoms with E-state index in [2.05, 4.69) is 15.5 Å². The average Bonchev–Trinajstić information content (AvgIpc) is 2.68. The van der Waals surface area contributed by atoms with Crippen molar-refractivity contribution >= 4 is 5.91 Å². The third kappa shape index (κ3) is 4.65. The highest BCUT2D eigenvalue weighted by Crippen LogP contribution is 2.10. The largest absolute Gasteiger partial charge is 0.348 e. The van der Waals surface area contributed by atoms with Crippen LogP contribution in [0.3, 0.4) is 0 Å². The summed E-state index contributed by atoms with van der Waals surface area (Å²) in [4.78, 5) is 14.2. The lowest BCUT2D eigenvalue weighted by Crippen LogP contribution is -2.39. The molecule has 0 spiro atoms. The summed E-state index contributed by atoms with van der Waals surface area (Å²) in [7, 11) is 0. The van der Waals surface area contributed by atoms with E-state index in [0.717, 1.165) is 38.2 Å². The van der Waals surface area contributed by atoms with Crippen LogP contribution in [0, 0.1) is 0 Å². The normalized spacial score (nSPS) is 18.6. The van der Waals surface area contributed by atoms with Gasteiger partial charge in [0.05, 0.1) is 12.6 Å². The van der Waals surface area contributed by atoms with E-state index in [1.165, 1.54) is 0 Å². The molecule has 2 rings (SSSR count). The van der Waals surface area contributed by atoms with E-state index in [1.807, 2.05) is 37.3 Å². The van der Waals surface area contributed by atoms with Gasteiger partial charge in [-0.1, -0.05) is 30.3 Å². The van der Waals surface area contributed by atoms with Crippen LogP contribution < -0.4 is 10.6 Å². The van der Waals surface area contributed by atoms with Gasteiger partial charge in [-0.3, -0.25) is 9.69 Å². The minimum Gasteiger partial charge on any atom is -0.348 e. The first-order chi connectivity index (χ1) is 9.25. The van der Waals surface area contributed by atoms with E-state index in [1.54, 1.807) is 0 Å². The van der Waals surface area contributed by atoms with Crippen molar-refractivity contribution in [1.29, 1.82) is 0 Å². The minimum atomic E-state index is 0.0683. The Morgan fingerprint density at radius 2 is 2.11 bits per heavy atom. The lowest BCUT2D eigenvalue weighted by atomic mass is 10.1. The highest BCUT2D eigenvalue weighted by atomic mass is 16.2. The molecule has 1 amide bonds. The summed E-state index contributed by atoms with van der Waals surface area (Å²) in [6, 6.07) is 10.1. The summed E-state index contributed by atoms with van der Waals surface area (Å²) in [5.74, 6) is 0.109. The zero-order chi connectivity index (χ0) is 13.5. The quantitative estimate of drug-likeness (QED) is 0.855. The molecule has 0 bridgehead atoms. The fourth-order valence-corrected chi connectivity index (χ4v) is 2.38. The van der Waals surface area contributed by atoms with E-state index >= 15 is 0 Å². The average molecular weight is 261 g/mol. The Morgan fingerprint density at radius 3 is 2.89 bits per heavy atom. The molecule has 1 heterocycles. The molecule has 0 aromatic heterocycles. The topological polar surface area (TPSA) is 44.4 Å². The molecular weight excluding hydrogens is 238 g/mol. The van der Waals surface area contributed by atoms with Crippen LogP contribution in [0.15, 0.2) is 30.3 Å². The van der Waals surface area contributed by atoms with E-state index in [9.17, 15) is 4.79 Å². The predicted octanol–water partition coefficient (Wildman–Crippen LogP) is 1.16. The SMILES string of the molecule is C[C@@H](NC(=O)CN1CCCNCC1)c1ccccc1. The summed E-state index contributed by atoms with van der Waals surface area (Å²) in [6.07, 6.45) is 1.11. The number of carbonyl (C=O) groups excluding carboxylic acids is 1. The number of hydrogen-bond donors (Lipinski definition) is 2. The van der Waals surface area contributed by atoms with Gasteiger partial charge in [-0.05, 0) is 32.0 Å². The van der Waals surface area contributed by atoms with E-state index in [4.69, 9.17) is 0 Å². The van der Waals surface area contributed by atoms with Crippen LogP contribution in [0.5, 0.6) is 0 Å². The number of rotatable bonds is 4. The van der Waals surface area contributed by atoms with Gasteiger partial charge in [0, 0.05) is 13.1 Å². The van der Waals surface area contributed by atoms with Gasteiger partial charge < -0.3 is 10.6 Å². The van der Waals surface area contributed by atoms with E-state index in [-0.39, 0.29) is 11.9 Å². The third-order valence-corrected chi connectivity index (χ3v) is 3.48. The second kappa shape index (κ2) is 7.26. The first-order valence-electron chi connectivity index (χ1n) is 7.03. The zero-order valence-electron chi connectivity index (χ0n) is 11.6. The molecule has 1 fully saturated rings. The fraction of sp³-hybridized carbons (Fsp3) is 0.533. The molecule has 4 nitrogen and oxygen atoms in total. The van der Waals surface area contributed by atoms with Crippen LogP contribution >= 0.6 is 0 Å². The fourth-order valence-electron chi connectivity index (χ4n) is 2.38. The molecule has 104 valence electrons. The Hall–Kier alpha value is -1.39. The highest BCUT2D eigenvalue weighted by molar-refractivity contribution is 5.78. The molecule has 1 atom stereocenters. The second-order valence-electron chi connectivity index (χ2n) is 5.08. The Bertz CT molecular complexity index is 386. The maximum Gasteiger partial charge on any atom is 0.234 e. The number of nitrogens with one attached hydrogen (secondary N) is 2. The molecule has 4 heteroatoms. The van der Waals surface area contributed by atoms with Crippen molar-refractivity contribution in [2.45, 2.75) is 19.4 Å². The molecule has 0 unspecified atom stereocenters. The van der Waals surface area contributed by atoms with Gasteiger partial charge in [-0.25, -0.2) is 0 Å². The maximum absolute atomic E-state index is 12.0. The lowest BCUT2D eigenvalue weighted by Gasteiger charge is -2.21. The number of hydrogen-bond acceptors (Lipinski definition) is 3. The van der Waals surface area contributed by atoms with E-state index in [0.29, 0.717) is 6.54 Å². The molecule has 1 saturated heterocycles. The van der Waals surface area contributed by atoms with Crippen LogP contribution in [-0.4, -0.2) is 43.5 Å². The van der Waals surface area contributed by atoms with Crippen molar-refractivity contribution in [1.82, 2.24) is 15.5 Å². The molecule has 2 N–H and O–H groups in total. The summed E-state index contributed by atoms with van der Waals surface area (Å²) in [6.45, 7) is 6.50. The number of amides is 1. The van der Waals surface area contributed by atoms with Gasteiger partial charge in [-0.2, -0.15) is 0 Å². The van der Waals surface area contributed by atoms with Crippen LogP contribution in [-0.2, 0) is 4.79 Å². The molecule has 0 radical (unpaired) electrons. The third-order valence-electron chi connectivity index (χ3n) is 3.48. The van der Waals surface area contributed by atoms with Crippen molar-refractivity contribution in [3.05, 3.63) is 35.9 Å². The van der Waals surface area contributed by atoms with Gasteiger partial charge in [0.2, 0.25) is 5.91 Å². The number of nitrogens with zero attached hydrogens (tertiary/aromatic N) is 1. The summed E-state index contributed by atoms with van der Waals surface area (Å²) >= 11 is 0. The lowest BCUT2D eigenvalue weighted by molar-refractivity contribution is -0.122. The van der Waals surface area contributed by atoms with Crippen molar-refractivity contribution in [2.24, 2.45) is 0 Å². The van der Waals surface area contributed by atoms with Crippen LogP contribution in [0.2, 0.25) is 0 Å². The second-order valence-corrected chi connectivity index (χ2v) is 5.08. The molecule has 1 aliphatic rings. The van der Waals surface area contributed by atoms with Crippen LogP contribution in [0.4, 0.5) is 0 Å². The Kier molecular flexibility index (Phi) is 5.36. The van der Waals surface area contributed by atoms with E-state index < -0.39 is 0 Å².